The predicted octanol–water partition coefficient (Wildman–Crippen LogP) is 2.26. The second-order valence-corrected chi connectivity index (χ2v) is 4.46. The number of aliphatic hydroxyl groups excluding tert-OH is 1. The zero-order valence-electron chi connectivity index (χ0n) is 9.79. The third-order valence-corrected chi connectivity index (χ3v) is 2.91. The molecule has 18 heavy (non-hydrogen) atoms. The second-order valence-electron chi connectivity index (χ2n) is 3.65. The van der Waals surface area contributed by atoms with Crippen molar-refractivity contribution in [2.45, 2.75) is 12.8 Å². The van der Waals surface area contributed by atoms with Crippen LogP contribution in [0.3, 0.4) is 0 Å². The van der Waals surface area contributed by atoms with Gasteiger partial charge in [-0.15, -0.1) is 0 Å². The van der Waals surface area contributed by atoms with Gasteiger partial charge < -0.3 is 15.2 Å². The molecule has 0 aliphatic rings. The van der Waals surface area contributed by atoms with E-state index in [1.54, 1.807) is 18.2 Å². The number of nitrogens with one attached hydrogen (secondary N) is 1. The molecule has 0 aromatic heterocycles. The lowest BCUT2D eigenvalue weighted by Gasteiger charge is -2.07. The van der Waals surface area contributed by atoms with E-state index in [1.807, 2.05) is 0 Å². The first-order valence-electron chi connectivity index (χ1n) is 5.59. The summed E-state index contributed by atoms with van der Waals surface area (Å²) in [6, 6.07) is 4.81. The fourth-order valence-corrected chi connectivity index (χ4v) is 1.52. The summed E-state index contributed by atoms with van der Waals surface area (Å²) in [6.45, 7) is 0.594. The number of benzene rings is 1. The van der Waals surface area contributed by atoms with Crippen LogP contribution in [0, 0.1) is 0 Å². The Bertz CT molecular complexity index is 399. The topological polar surface area (TPSA) is 58.6 Å². The van der Waals surface area contributed by atoms with E-state index >= 15 is 0 Å². The van der Waals surface area contributed by atoms with Crippen molar-refractivity contribution >= 4 is 29.1 Å². The standard InChI is InChI=1S/C12H15Cl2NO3/c13-10-4-3-9(7-11(10)14)18-8-12(17)15-5-1-2-6-16/h3-4,7,16H,1-2,5-6,8H2,(H,15,17). The van der Waals surface area contributed by atoms with Gasteiger partial charge in [-0.25, -0.2) is 0 Å². The molecule has 0 saturated carbocycles. The van der Waals surface area contributed by atoms with E-state index in [9.17, 15) is 4.79 Å². The summed E-state index contributed by atoms with van der Waals surface area (Å²) >= 11 is 11.6. The van der Waals surface area contributed by atoms with E-state index in [0.717, 1.165) is 6.42 Å². The highest BCUT2D eigenvalue weighted by Crippen LogP contribution is 2.26. The van der Waals surface area contributed by atoms with Gasteiger partial charge in [-0.2, -0.15) is 0 Å². The minimum atomic E-state index is -0.209. The van der Waals surface area contributed by atoms with Crippen LogP contribution in [-0.2, 0) is 4.79 Å². The Hall–Kier alpha value is -0.970. The molecular formula is C12H15Cl2NO3. The Morgan fingerprint density at radius 2 is 2.06 bits per heavy atom. The summed E-state index contributed by atoms with van der Waals surface area (Å²) in [5.74, 6) is 0.286. The highest BCUT2D eigenvalue weighted by atomic mass is 35.5. The van der Waals surface area contributed by atoms with Gasteiger partial charge in [0, 0.05) is 19.2 Å². The average molecular weight is 292 g/mol. The minimum absolute atomic E-state index is 0.0723. The van der Waals surface area contributed by atoms with Gasteiger partial charge >= 0.3 is 0 Å². The molecule has 1 aromatic carbocycles. The lowest BCUT2D eigenvalue weighted by Crippen LogP contribution is -2.29. The van der Waals surface area contributed by atoms with Gasteiger partial charge in [0.25, 0.3) is 5.91 Å². The fourth-order valence-electron chi connectivity index (χ4n) is 1.23. The molecule has 1 aromatic rings. The fraction of sp³-hybridized carbons (Fsp3) is 0.417. The third kappa shape index (κ3) is 5.58. The number of hydrogen-bond donors (Lipinski definition) is 2. The van der Waals surface area contributed by atoms with Crippen LogP contribution >= 0.6 is 23.2 Å². The van der Waals surface area contributed by atoms with Gasteiger partial charge in [0.1, 0.15) is 5.75 Å². The Kier molecular flexibility index (Phi) is 6.86. The second kappa shape index (κ2) is 8.19. The van der Waals surface area contributed by atoms with Gasteiger partial charge in [0.05, 0.1) is 10.0 Å². The SMILES string of the molecule is O=C(COc1ccc(Cl)c(Cl)c1)NCCCCO. The first kappa shape index (κ1) is 15.1. The van der Waals surface area contributed by atoms with Gasteiger partial charge in [-0.1, -0.05) is 23.2 Å². The molecule has 0 spiro atoms. The lowest BCUT2D eigenvalue weighted by atomic mass is 10.3. The summed E-state index contributed by atoms with van der Waals surface area (Å²) in [5.41, 5.74) is 0. The Morgan fingerprint density at radius 1 is 1.28 bits per heavy atom. The summed E-state index contributed by atoms with van der Waals surface area (Å²) in [4.78, 5) is 11.4. The van der Waals surface area contributed by atoms with E-state index in [1.165, 1.54) is 0 Å². The maximum Gasteiger partial charge on any atom is 0.257 e. The zero-order valence-corrected chi connectivity index (χ0v) is 11.3. The zero-order chi connectivity index (χ0) is 13.4. The maximum atomic E-state index is 11.4. The normalized spacial score (nSPS) is 10.2. The van der Waals surface area contributed by atoms with E-state index in [-0.39, 0.29) is 19.1 Å². The van der Waals surface area contributed by atoms with Crippen molar-refractivity contribution in [3.63, 3.8) is 0 Å². The number of ether oxygens (including phenoxy) is 1. The smallest absolute Gasteiger partial charge is 0.257 e. The van der Waals surface area contributed by atoms with Crippen molar-refractivity contribution < 1.29 is 14.6 Å². The van der Waals surface area contributed by atoms with E-state index < -0.39 is 0 Å². The number of hydrogen-bond acceptors (Lipinski definition) is 3. The lowest BCUT2D eigenvalue weighted by molar-refractivity contribution is -0.123. The highest BCUT2D eigenvalue weighted by Gasteiger charge is 2.04. The van der Waals surface area contributed by atoms with Crippen molar-refractivity contribution in [2.75, 3.05) is 19.8 Å². The van der Waals surface area contributed by atoms with Gasteiger partial charge in [0.2, 0.25) is 0 Å². The van der Waals surface area contributed by atoms with E-state index in [2.05, 4.69) is 5.32 Å². The molecule has 2 N–H and O–H groups in total. The van der Waals surface area contributed by atoms with Gasteiger partial charge in [-0.3, -0.25) is 4.79 Å². The predicted molar refractivity (Wildman–Crippen MR) is 71.3 cm³/mol. The molecular weight excluding hydrogens is 277 g/mol. The van der Waals surface area contributed by atoms with Crippen LogP contribution in [0.5, 0.6) is 5.75 Å². The molecule has 6 heteroatoms. The van der Waals surface area contributed by atoms with E-state index in [0.29, 0.717) is 28.8 Å². The molecule has 0 radical (unpaired) electrons. The Morgan fingerprint density at radius 3 is 2.72 bits per heavy atom. The monoisotopic (exact) mass is 291 g/mol. The number of unbranched alkanes of at least 4 members (excludes halogenated alkanes) is 1. The molecule has 0 atom stereocenters. The summed E-state index contributed by atoms with van der Waals surface area (Å²) in [5, 5.41) is 12.1. The average Bonchev–Trinajstić information content (AvgIpc) is 2.36. The third-order valence-electron chi connectivity index (χ3n) is 2.17. The van der Waals surface area contributed by atoms with Crippen LogP contribution in [0.15, 0.2) is 18.2 Å². The van der Waals surface area contributed by atoms with Crippen LogP contribution in [0.1, 0.15) is 12.8 Å². The number of carbonyl (C=O) groups is 1. The van der Waals surface area contributed by atoms with Crippen LogP contribution < -0.4 is 10.1 Å². The molecule has 4 nitrogen and oxygen atoms in total. The molecule has 0 aliphatic heterocycles. The number of carbonyl (C=O) groups excluding carboxylic acids is 1. The van der Waals surface area contributed by atoms with Crippen LogP contribution in [0.2, 0.25) is 10.0 Å². The molecule has 0 aliphatic carbocycles. The number of halogens is 2. The summed E-state index contributed by atoms with van der Waals surface area (Å²) in [6.07, 6.45) is 1.42. The van der Waals surface area contributed by atoms with Crippen molar-refractivity contribution in [1.82, 2.24) is 5.32 Å². The first-order valence-corrected chi connectivity index (χ1v) is 6.34. The summed E-state index contributed by atoms with van der Waals surface area (Å²) < 4.78 is 5.26. The Labute approximate surface area is 116 Å². The molecule has 0 unspecified atom stereocenters. The molecule has 100 valence electrons. The molecule has 1 amide bonds. The quantitative estimate of drug-likeness (QED) is 0.758. The van der Waals surface area contributed by atoms with Crippen LogP contribution in [-0.4, -0.2) is 30.8 Å². The minimum Gasteiger partial charge on any atom is -0.484 e. The number of amides is 1. The van der Waals surface area contributed by atoms with Gasteiger partial charge in [0.15, 0.2) is 6.61 Å². The molecule has 0 saturated heterocycles. The maximum absolute atomic E-state index is 11.4. The molecule has 0 heterocycles. The van der Waals surface area contributed by atoms with Crippen molar-refractivity contribution in [2.24, 2.45) is 0 Å². The number of rotatable bonds is 7. The number of aliphatic hydroxyl groups is 1. The van der Waals surface area contributed by atoms with Crippen LogP contribution in [0.4, 0.5) is 0 Å². The molecule has 0 bridgehead atoms. The molecule has 1 rings (SSSR count). The highest BCUT2D eigenvalue weighted by molar-refractivity contribution is 6.42. The van der Waals surface area contributed by atoms with Crippen LogP contribution in [0.25, 0.3) is 0 Å². The van der Waals surface area contributed by atoms with Crippen molar-refractivity contribution in [1.29, 1.82) is 0 Å². The summed E-state index contributed by atoms with van der Waals surface area (Å²) in [7, 11) is 0. The van der Waals surface area contributed by atoms with E-state index in [4.69, 9.17) is 33.0 Å². The largest absolute Gasteiger partial charge is 0.484 e. The first-order chi connectivity index (χ1) is 8.63. The molecule has 0 fully saturated rings. The van der Waals surface area contributed by atoms with Crippen molar-refractivity contribution in [3.8, 4) is 5.75 Å². The van der Waals surface area contributed by atoms with Gasteiger partial charge in [-0.05, 0) is 25.0 Å². The van der Waals surface area contributed by atoms with Crippen molar-refractivity contribution in [3.05, 3.63) is 28.2 Å². The Balaban J connectivity index is 2.27.